The summed E-state index contributed by atoms with van der Waals surface area (Å²) in [5, 5.41) is 4.49. The lowest BCUT2D eigenvalue weighted by atomic mass is 9.90. The van der Waals surface area contributed by atoms with Crippen LogP contribution in [0.1, 0.15) is 24.8 Å². The fraction of sp³-hybridized carbons (Fsp3) is 0.500. The monoisotopic (exact) mass is 354 g/mol. The van der Waals surface area contributed by atoms with Crippen molar-refractivity contribution in [3.05, 3.63) is 48.3 Å². The average Bonchev–Trinajstić information content (AvgIpc) is 3.07. The molecule has 2 aromatic rings. The molecule has 2 fully saturated rings. The van der Waals surface area contributed by atoms with Gasteiger partial charge in [-0.25, -0.2) is 4.68 Å². The predicted octanol–water partition coefficient (Wildman–Crippen LogP) is 2.09. The second-order valence-electron chi connectivity index (χ2n) is 7.44. The molecule has 4 rings (SSSR count). The first-order valence-corrected chi connectivity index (χ1v) is 9.33. The number of carbonyl (C=O) groups excluding carboxylic acids is 1. The lowest BCUT2D eigenvalue weighted by Crippen LogP contribution is -2.51. The van der Waals surface area contributed by atoms with E-state index in [2.05, 4.69) is 28.3 Å². The smallest absolute Gasteiger partial charge is 0.224 e. The number of hydrogen-bond donors (Lipinski definition) is 0. The first-order chi connectivity index (χ1) is 12.6. The fourth-order valence-corrected chi connectivity index (χ4v) is 3.95. The van der Waals surface area contributed by atoms with Crippen molar-refractivity contribution in [3.63, 3.8) is 0 Å². The summed E-state index contributed by atoms with van der Waals surface area (Å²) in [5.41, 5.74) is 2.14. The van der Waals surface area contributed by atoms with Gasteiger partial charge in [0.25, 0.3) is 0 Å². The minimum atomic E-state index is -0.161. The van der Waals surface area contributed by atoms with Gasteiger partial charge in [0.2, 0.25) is 5.91 Å². The summed E-state index contributed by atoms with van der Waals surface area (Å²) < 4.78 is 8.05. The predicted molar refractivity (Wildman–Crippen MR) is 99.0 cm³/mol. The van der Waals surface area contributed by atoms with E-state index in [-0.39, 0.29) is 11.5 Å². The Kier molecular flexibility index (Phi) is 4.78. The minimum absolute atomic E-state index is 0.161. The van der Waals surface area contributed by atoms with Crippen LogP contribution < -0.4 is 0 Å². The van der Waals surface area contributed by atoms with Crippen molar-refractivity contribution in [1.29, 1.82) is 0 Å². The van der Waals surface area contributed by atoms with Gasteiger partial charge in [0, 0.05) is 45.0 Å². The molecule has 3 heterocycles. The summed E-state index contributed by atoms with van der Waals surface area (Å²) in [6, 6.07) is 10.2. The normalized spacial score (nSPS) is 21.1. The molecule has 2 saturated heterocycles. The Morgan fingerprint density at radius 1 is 1.19 bits per heavy atom. The topological polar surface area (TPSA) is 50.6 Å². The summed E-state index contributed by atoms with van der Waals surface area (Å²) in [6.07, 6.45) is 6.50. The van der Waals surface area contributed by atoms with Crippen molar-refractivity contribution in [3.8, 4) is 5.69 Å². The van der Waals surface area contributed by atoms with Crippen molar-refractivity contribution in [2.24, 2.45) is 0 Å². The molecule has 0 saturated carbocycles. The van der Waals surface area contributed by atoms with Gasteiger partial charge < -0.3 is 9.64 Å². The first kappa shape index (κ1) is 17.2. The number of para-hydroxylation sites is 1. The molecular formula is C20H26N4O2. The van der Waals surface area contributed by atoms with Gasteiger partial charge in [0.05, 0.1) is 30.5 Å². The van der Waals surface area contributed by atoms with E-state index in [1.54, 1.807) is 0 Å². The number of likely N-dealkylation sites (tertiary alicyclic amines) is 1. The zero-order chi connectivity index (χ0) is 18.0. The molecule has 0 N–H and O–H groups in total. The fourth-order valence-electron chi connectivity index (χ4n) is 3.95. The molecule has 2 aliphatic rings. The third kappa shape index (κ3) is 3.66. The lowest BCUT2D eigenvalue weighted by Gasteiger charge is -2.42. The van der Waals surface area contributed by atoms with Crippen LogP contribution in [0.2, 0.25) is 0 Å². The molecule has 6 nitrogen and oxygen atoms in total. The van der Waals surface area contributed by atoms with Crippen molar-refractivity contribution in [1.82, 2.24) is 19.6 Å². The second kappa shape index (κ2) is 7.21. The third-order valence-electron chi connectivity index (χ3n) is 5.51. The Morgan fingerprint density at radius 3 is 2.73 bits per heavy atom. The van der Waals surface area contributed by atoms with Crippen molar-refractivity contribution in [2.75, 3.05) is 33.3 Å². The van der Waals surface area contributed by atoms with Gasteiger partial charge in [-0.05, 0) is 25.0 Å². The largest absolute Gasteiger partial charge is 0.373 e. The third-order valence-corrected chi connectivity index (χ3v) is 5.51. The summed E-state index contributed by atoms with van der Waals surface area (Å²) in [5.74, 6) is 0.192. The molecular weight excluding hydrogens is 328 g/mol. The van der Waals surface area contributed by atoms with Crippen molar-refractivity contribution >= 4 is 5.91 Å². The number of ether oxygens (including phenoxy) is 1. The van der Waals surface area contributed by atoms with Gasteiger partial charge in [-0.2, -0.15) is 5.10 Å². The summed E-state index contributed by atoms with van der Waals surface area (Å²) in [7, 11) is 1.89. The average molecular weight is 354 g/mol. The van der Waals surface area contributed by atoms with Crippen LogP contribution >= 0.6 is 0 Å². The molecule has 2 aliphatic heterocycles. The molecule has 1 aromatic carbocycles. The number of carbonyl (C=O) groups is 1. The Morgan fingerprint density at radius 2 is 1.96 bits per heavy atom. The summed E-state index contributed by atoms with van der Waals surface area (Å²) in [6.45, 7) is 4.13. The number of benzene rings is 1. The number of rotatable bonds is 3. The Hall–Kier alpha value is -2.18. The number of piperidine rings is 1. The van der Waals surface area contributed by atoms with E-state index in [1.165, 1.54) is 5.56 Å². The highest BCUT2D eigenvalue weighted by Gasteiger charge is 2.39. The highest BCUT2D eigenvalue weighted by Crippen LogP contribution is 2.30. The van der Waals surface area contributed by atoms with E-state index < -0.39 is 0 Å². The molecule has 1 spiro atoms. The zero-order valence-corrected chi connectivity index (χ0v) is 15.3. The molecule has 0 aliphatic carbocycles. The SMILES string of the molecule is CN1CC2(CCN(Cc3cnn(-c4ccccc4)c3)CC2)OCCC1=O. The number of aromatic nitrogens is 2. The highest BCUT2D eigenvalue weighted by atomic mass is 16.5. The molecule has 26 heavy (non-hydrogen) atoms. The van der Waals surface area contributed by atoms with Gasteiger partial charge in [0.15, 0.2) is 0 Å². The Balaban J connectivity index is 1.36. The maximum atomic E-state index is 11.9. The van der Waals surface area contributed by atoms with Crippen LogP contribution in [0.3, 0.4) is 0 Å². The second-order valence-corrected chi connectivity index (χ2v) is 7.44. The molecule has 0 unspecified atom stereocenters. The Bertz CT molecular complexity index is 750. The van der Waals surface area contributed by atoms with E-state index in [0.717, 1.165) is 38.2 Å². The summed E-state index contributed by atoms with van der Waals surface area (Å²) >= 11 is 0. The van der Waals surface area contributed by atoms with Crippen LogP contribution in [0.15, 0.2) is 42.7 Å². The van der Waals surface area contributed by atoms with Gasteiger partial charge >= 0.3 is 0 Å². The van der Waals surface area contributed by atoms with E-state index >= 15 is 0 Å². The van der Waals surface area contributed by atoms with Crippen LogP contribution in [0, 0.1) is 0 Å². The molecule has 0 radical (unpaired) electrons. The molecule has 1 aromatic heterocycles. The molecule has 1 amide bonds. The minimum Gasteiger partial charge on any atom is -0.373 e. The van der Waals surface area contributed by atoms with Crippen LogP contribution in [-0.2, 0) is 16.1 Å². The number of amides is 1. The van der Waals surface area contributed by atoms with E-state index in [9.17, 15) is 4.79 Å². The number of likely N-dealkylation sites (N-methyl/N-ethyl adjacent to an activating group) is 1. The van der Waals surface area contributed by atoms with Crippen LogP contribution in [0.4, 0.5) is 0 Å². The number of nitrogens with zero attached hydrogens (tertiary/aromatic N) is 4. The van der Waals surface area contributed by atoms with Gasteiger partial charge in [-0.15, -0.1) is 0 Å². The van der Waals surface area contributed by atoms with E-state index in [0.29, 0.717) is 19.6 Å². The molecule has 0 bridgehead atoms. The zero-order valence-electron chi connectivity index (χ0n) is 15.3. The standard InChI is InChI=1S/C20H26N4O2/c1-22-16-20(26-12-7-19(22)25)8-10-23(11-9-20)14-17-13-21-24(15-17)18-5-3-2-4-6-18/h2-6,13,15H,7-12,14,16H2,1H3. The highest BCUT2D eigenvalue weighted by molar-refractivity contribution is 5.76. The molecule has 6 heteroatoms. The van der Waals surface area contributed by atoms with Gasteiger partial charge in [0.1, 0.15) is 0 Å². The van der Waals surface area contributed by atoms with E-state index in [4.69, 9.17) is 4.74 Å². The first-order valence-electron chi connectivity index (χ1n) is 9.33. The van der Waals surface area contributed by atoms with E-state index in [1.807, 2.05) is 41.0 Å². The lowest BCUT2D eigenvalue weighted by molar-refractivity contribution is -0.130. The van der Waals surface area contributed by atoms with Crippen LogP contribution in [-0.4, -0.2) is 64.4 Å². The maximum absolute atomic E-state index is 11.9. The Labute approximate surface area is 154 Å². The maximum Gasteiger partial charge on any atom is 0.224 e. The van der Waals surface area contributed by atoms with Gasteiger partial charge in [-0.1, -0.05) is 18.2 Å². The van der Waals surface area contributed by atoms with Gasteiger partial charge in [-0.3, -0.25) is 9.69 Å². The van der Waals surface area contributed by atoms with Crippen molar-refractivity contribution in [2.45, 2.75) is 31.4 Å². The van der Waals surface area contributed by atoms with Crippen LogP contribution in [0.25, 0.3) is 5.69 Å². The summed E-state index contributed by atoms with van der Waals surface area (Å²) in [4.78, 5) is 16.2. The quantitative estimate of drug-likeness (QED) is 0.847. The van der Waals surface area contributed by atoms with Crippen molar-refractivity contribution < 1.29 is 9.53 Å². The van der Waals surface area contributed by atoms with Crippen LogP contribution in [0.5, 0.6) is 0 Å². The number of hydrogen-bond acceptors (Lipinski definition) is 4. The molecule has 0 atom stereocenters. The molecule has 138 valence electrons.